The zero-order chi connectivity index (χ0) is 24.1. The predicted molar refractivity (Wildman–Crippen MR) is 134 cm³/mol. The van der Waals surface area contributed by atoms with E-state index in [0.717, 1.165) is 12.1 Å². The number of aromatic nitrogens is 2. The number of para-hydroxylation sites is 2. The summed E-state index contributed by atoms with van der Waals surface area (Å²) in [5.74, 6) is 0.978. The first-order valence-corrected chi connectivity index (χ1v) is 11.6. The van der Waals surface area contributed by atoms with Gasteiger partial charge in [0.05, 0.1) is 22.6 Å². The van der Waals surface area contributed by atoms with Crippen LogP contribution in [0.4, 0.5) is 0 Å². The molecule has 174 valence electrons. The summed E-state index contributed by atoms with van der Waals surface area (Å²) in [7, 11) is 1.73. The normalized spacial score (nSPS) is 11.9. The molecule has 3 aromatic carbocycles. The lowest BCUT2D eigenvalue weighted by Crippen LogP contribution is -2.38. The van der Waals surface area contributed by atoms with Crippen LogP contribution in [0, 0.1) is 0 Å². The van der Waals surface area contributed by atoms with Gasteiger partial charge in [0.25, 0.3) is 11.5 Å². The van der Waals surface area contributed by atoms with Crippen LogP contribution in [-0.4, -0.2) is 34.0 Å². The van der Waals surface area contributed by atoms with Crippen LogP contribution in [0.3, 0.4) is 0 Å². The molecule has 0 saturated heterocycles. The lowest BCUT2D eigenvalue weighted by atomic mass is 10.1. The number of likely N-dealkylation sites (N-methyl/N-ethyl adjacent to an activating group) is 1. The smallest absolute Gasteiger partial charge is 0.266 e. The Bertz CT molecular complexity index is 1330. The van der Waals surface area contributed by atoms with E-state index in [1.54, 1.807) is 22.6 Å². The average molecular weight is 456 g/mol. The van der Waals surface area contributed by atoms with Crippen molar-refractivity contribution in [1.82, 2.24) is 14.5 Å². The molecule has 0 fully saturated rings. The van der Waals surface area contributed by atoms with Crippen LogP contribution in [0.1, 0.15) is 37.7 Å². The average Bonchev–Trinajstić information content (AvgIpc) is 2.88. The van der Waals surface area contributed by atoms with Gasteiger partial charge in [-0.1, -0.05) is 56.3 Å². The summed E-state index contributed by atoms with van der Waals surface area (Å²) in [5, 5.41) is 0.544. The Morgan fingerprint density at radius 1 is 0.971 bits per heavy atom. The van der Waals surface area contributed by atoms with Crippen molar-refractivity contribution in [3.63, 3.8) is 0 Å². The van der Waals surface area contributed by atoms with Crippen LogP contribution in [0.25, 0.3) is 16.6 Å². The van der Waals surface area contributed by atoms with Crippen LogP contribution in [-0.2, 0) is 11.2 Å². The SMILES string of the molecule is CCc1ccc(-n2c(C(CC)N(C)C(=O)COc3ccccc3)nc3ccccc3c2=O)cc1. The molecule has 0 aliphatic heterocycles. The molecule has 1 unspecified atom stereocenters. The number of hydrogen-bond acceptors (Lipinski definition) is 4. The Morgan fingerprint density at radius 2 is 1.65 bits per heavy atom. The summed E-state index contributed by atoms with van der Waals surface area (Å²) in [6, 6.07) is 24.1. The van der Waals surface area contributed by atoms with Crippen LogP contribution < -0.4 is 10.3 Å². The standard InChI is InChI=1S/C28H29N3O3/c1-4-20-15-17-21(18-16-20)31-27(29-24-14-10-9-13-23(24)28(31)33)25(5-2)30(3)26(32)19-34-22-11-7-6-8-12-22/h6-18,25H,4-5,19H2,1-3H3. The summed E-state index contributed by atoms with van der Waals surface area (Å²) in [6.07, 6.45) is 1.50. The molecule has 4 aromatic rings. The number of ether oxygens (including phenoxy) is 1. The Hall–Kier alpha value is -3.93. The second-order valence-electron chi connectivity index (χ2n) is 8.18. The number of rotatable bonds is 8. The first-order valence-electron chi connectivity index (χ1n) is 11.6. The number of amides is 1. The number of carbonyl (C=O) groups excluding carboxylic acids is 1. The molecule has 1 atom stereocenters. The Morgan fingerprint density at radius 3 is 2.32 bits per heavy atom. The highest BCUT2D eigenvalue weighted by Crippen LogP contribution is 2.25. The van der Waals surface area contributed by atoms with E-state index >= 15 is 0 Å². The number of hydrogen-bond donors (Lipinski definition) is 0. The summed E-state index contributed by atoms with van der Waals surface area (Å²) in [4.78, 5) is 33.2. The molecule has 0 N–H and O–H groups in total. The van der Waals surface area contributed by atoms with Gasteiger partial charge in [0, 0.05) is 7.05 Å². The van der Waals surface area contributed by atoms with E-state index in [0.29, 0.717) is 28.9 Å². The van der Waals surface area contributed by atoms with Gasteiger partial charge in [0.1, 0.15) is 11.6 Å². The molecular formula is C28H29N3O3. The molecule has 0 saturated carbocycles. The fourth-order valence-corrected chi connectivity index (χ4v) is 4.07. The topological polar surface area (TPSA) is 64.4 Å². The summed E-state index contributed by atoms with van der Waals surface area (Å²) < 4.78 is 7.31. The molecule has 6 nitrogen and oxygen atoms in total. The largest absolute Gasteiger partial charge is 0.484 e. The second-order valence-corrected chi connectivity index (χ2v) is 8.18. The molecule has 1 aromatic heterocycles. The summed E-state index contributed by atoms with van der Waals surface area (Å²) in [6.45, 7) is 3.98. The highest BCUT2D eigenvalue weighted by molar-refractivity contribution is 5.79. The number of fused-ring (bicyclic) bond motifs is 1. The molecule has 0 aliphatic rings. The number of aryl methyl sites for hydroxylation is 1. The first kappa shape index (κ1) is 23.2. The van der Waals surface area contributed by atoms with Gasteiger partial charge in [-0.2, -0.15) is 0 Å². The van der Waals surface area contributed by atoms with Gasteiger partial charge in [0.15, 0.2) is 6.61 Å². The first-order chi connectivity index (χ1) is 16.5. The van der Waals surface area contributed by atoms with Crippen molar-refractivity contribution >= 4 is 16.8 Å². The minimum Gasteiger partial charge on any atom is -0.484 e. The highest BCUT2D eigenvalue weighted by atomic mass is 16.5. The van der Waals surface area contributed by atoms with Crippen LogP contribution in [0.15, 0.2) is 83.7 Å². The third-order valence-electron chi connectivity index (χ3n) is 6.06. The van der Waals surface area contributed by atoms with Gasteiger partial charge in [-0.15, -0.1) is 0 Å². The van der Waals surface area contributed by atoms with E-state index < -0.39 is 6.04 Å². The Balaban J connectivity index is 1.75. The minimum absolute atomic E-state index is 0.0972. The Kier molecular flexibility index (Phi) is 7.07. The lowest BCUT2D eigenvalue weighted by Gasteiger charge is -2.29. The fourth-order valence-electron chi connectivity index (χ4n) is 4.07. The number of carbonyl (C=O) groups is 1. The van der Waals surface area contributed by atoms with Crippen molar-refractivity contribution in [3.05, 3.63) is 101 Å². The molecular weight excluding hydrogens is 426 g/mol. The van der Waals surface area contributed by atoms with Crippen molar-refractivity contribution in [3.8, 4) is 11.4 Å². The molecule has 0 radical (unpaired) electrons. The Labute approximate surface area is 199 Å². The van der Waals surface area contributed by atoms with Crippen LogP contribution in [0.5, 0.6) is 5.75 Å². The van der Waals surface area contributed by atoms with Crippen molar-refractivity contribution in [2.45, 2.75) is 32.7 Å². The molecule has 0 bridgehead atoms. The summed E-state index contributed by atoms with van der Waals surface area (Å²) in [5.41, 5.74) is 2.38. The van der Waals surface area contributed by atoms with Crippen molar-refractivity contribution in [2.24, 2.45) is 0 Å². The summed E-state index contributed by atoms with van der Waals surface area (Å²) >= 11 is 0. The molecule has 4 rings (SSSR count). The van der Waals surface area contributed by atoms with Gasteiger partial charge in [-0.3, -0.25) is 14.2 Å². The van der Waals surface area contributed by atoms with Crippen LogP contribution in [0.2, 0.25) is 0 Å². The number of benzene rings is 3. The van der Waals surface area contributed by atoms with E-state index in [1.165, 1.54) is 5.56 Å². The lowest BCUT2D eigenvalue weighted by molar-refractivity contribution is -0.134. The number of nitrogens with zero attached hydrogens (tertiary/aromatic N) is 3. The molecule has 1 amide bonds. The van der Waals surface area contributed by atoms with E-state index in [9.17, 15) is 9.59 Å². The molecule has 6 heteroatoms. The third-order valence-corrected chi connectivity index (χ3v) is 6.06. The minimum atomic E-state index is -0.407. The van der Waals surface area contributed by atoms with Crippen molar-refractivity contribution in [1.29, 1.82) is 0 Å². The van der Waals surface area contributed by atoms with Crippen molar-refractivity contribution < 1.29 is 9.53 Å². The monoisotopic (exact) mass is 455 g/mol. The van der Waals surface area contributed by atoms with Crippen molar-refractivity contribution in [2.75, 3.05) is 13.7 Å². The fraction of sp³-hybridized carbons (Fsp3) is 0.250. The van der Waals surface area contributed by atoms with E-state index in [1.807, 2.05) is 79.7 Å². The quantitative estimate of drug-likeness (QED) is 0.378. The van der Waals surface area contributed by atoms with Gasteiger partial charge in [-0.25, -0.2) is 4.98 Å². The maximum Gasteiger partial charge on any atom is 0.266 e. The molecule has 0 spiro atoms. The second kappa shape index (κ2) is 10.3. The van der Waals surface area contributed by atoms with E-state index in [4.69, 9.17) is 9.72 Å². The molecule has 34 heavy (non-hydrogen) atoms. The molecule has 1 heterocycles. The highest BCUT2D eigenvalue weighted by Gasteiger charge is 2.26. The van der Waals surface area contributed by atoms with Gasteiger partial charge < -0.3 is 9.64 Å². The maximum absolute atomic E-state index is 13.6. The van der Waals surface area contributed by atoms with Gasteiger partial charge in [0.2, 0.25) is 0 Å². The van der Waals surface area contributed by atoms with Gasteiger partial charge >= 0.3 is 0 Å². The van der Waals surface area contributed by atoms with E-state index in [2.05, 4.69) is 6.92 Å². The maximum atomic E-state index is 13.6. The third kappa shape index (κ3) is 4.71. The predicted octanol–water partition coefficient (Wildman–Crippen LogP) is 4.94. The van der Waals surface area contributed by atoms with Crippen LogP contribution >= 0.6 is 0 Å². The van der Waals surface area contributed by atoms with Gasteiger partial charge in [-0.05, 0) is 54.8 Å². The zero-order valence-electron chi connectivity index (χ0n) is 19.8. The zero-order valence-corrected chi connectivity index (χ0v) is 19.8. The molecule has 0 aliphatic carbocycles. The van der Waals surface area contributed by atoms with E-state index in [-0.39, 0.29) is 18.1 Å².